The van der Waals surface area contributed by atoms with E-state index in [4.69, 9.17) is 1.37 Å². The van der Waals surface area contributed by atoms with Gasteiger partial charge in [0.2, 0.25) is 0 Å². The van der Waals surface area contributed by atoms with Gasteiger partial charge in [-0.05, 0) is 45.4 Å². The number of thiophene rings is 1. The Morgan fingerprint density at radius 1 is 0.804 bits per heavy atom. The van der Waals surface area contributed by atoms with Gasteiger partial charge in [-0.1, -0.05) is 61.2 Å². The molecule has 233 valence electrons. The fourth-order valence-electron chi connectivity index (χ4n) is 5.22. The Kier molecular flexibility index (Phi) is 10.2. The molecule has 0 aliphatic heterocycles. The van der Waals surface area contributed by atoms with E-state index in [2.05, 4.69) is 51.5 Å². The van der Waals surface area contributed by atoms with Crippen molar-refractivity contribution in [2.24, 2.45) is 0 Å². The van der Waals surface area contributed by atoms with Gasteiger partial charge in [0, 0.05) is 37.9 Å². The van der Waals surface area contributed by atoms with Crippen molar-refractivity contribution in [2.75, 3.05) is 0 Å². The first-order valence-electron chi connectivity index (χ1n) is 15.5. The van der Waals surface area contributed by atoms with Crippen LogP contribution < -0.4 is 4.40 Å². The van der Waals surface area contributed by atoms with Gasteiger partial charge in [-0.3, -0.25) is 0 Å². The van der Waals surface area contributed by atoms with E-state index in [1.807, 2.05) is 105 Å². The van der Waals surface area contributed by atoms with Crippen molar-refractivity contribution in [3.8, 4) is 33.6 Å². The zero-order chi connectivity index (χ0) is 32.5. The third-order valence-corrected chi connectivity index (χ3v) is 13.3. The first-order valence-corrected chi connectivity index (χ1v) is 23.2. The quantitative estimate of drug-likeness (QED) is 0.127. The Labute approximate surface area is 292 Å². The monoisotopic (exact) mass is 862 g/mol. The van der Waals surface area contributed by atoms with Crippen LogP contribution >= 0.6 is 11.3 Å². The van der Waals surface area contributed by atoms with Gasteiger partial charge < -0.3 is 4.98 Å². The molecular weight excluding hydrogens is 824 g/mol. The first kappa shape index (κ1) is 32.5. The second-order valence-electron chi connectivity index (χ2n) is 12.3. The number of hydrogen-bond acceptors (Lipinski definition) is 3. The zero-order valence-electron chi connectivity index (χ0n) is 27.5. The van der Waals surface area contributed by atoms with Crippen molar-refractivity contribution in [1.29, 1.82) is 0 Å². The fourth-order valence-corrected chi connectivity index (χ4v) is 8.61. The molecule has 0 spiro atoms. The molecule has 0 unspecified atom stereocenters. The molecule has 3 aromatic heterocycles. The van der Waals surface area contributed by atoms with Gasteiger partial charge in [-0.15, -0.1) is 23.8 Å². The summed E-state index contributed by atoms with van der Waals surface area (Å²) in [7, 11) is 0. The predicted octanol–water partition coefficient (Wildman–Crippen LogP) is 10.9. The van der Waals surface area contributed by atoms with Crippen LogP contribution in [0.5, 0.6) is 0 Å². The van der Waals surface area contributed by atoms with E-state index < -0.39 is 19.2 Å². The van der Waals surface area contributed by atoms with Gasteiger partial charge in [0.15, 0.2) is 0 Å². The molecule has 0 amide bonds. The SMILES string of the molecule is [2H]C(C)(C)c1ccnc(-c2[c-]ccc3c2sc2cc(F)c(-c4ccccc4)cc23)c1.[CH3][Ge]([CH3])([CH3])[c]1ccc(-c2[c-]cccc2)nc1.[Ir]. The van der Waals surface area contributed by atoms with E-state index in [0.717, 1.165) is 53.8 Å². The van der Waals surface area contributed by atoms with E-state index >= 15 is 0 Å². The van der Waals surface area contributed by atoms with Crippen LogP contribution in [0.1, 0.15) is 26.7 Å². The molecule has 2 nitrogen and oxygen atoms in total. The molecule has 7 rings (SSSR count). The minimum absolute atomic E-state index is 0. The van der Waals surface area contributed by atoms with E-state index in [9.17, 15) is 4.39 Å². The normalized spacial score (nSPS) is 11.8. The van der Waals surface area contributed by atoms with Crippen LogP contribution in [0.25, 0.3) is 53.8 Å². The van der Waals surface area contributed by atoms with Gasteiger partial charge >= 0.3 is 99.8 Å². The minimum atomic E-state index is -1.72. The number of rotatable bonds is 5. The zero-order valence-corrected chi connectivity index (χ0v) is 31.8. The third kappa shape index (κ3) is 7.39. The van der Waals surface area contributed by atoms with Crippen molar-refractivity contribution in [2.45, 2.75) is 37.0 Å². The Balaban J connectivity index is 0.000000217. The topological polar surface area (TPSA) is 25.8 Å². The molecular formula is C40H35FGeIrN2S-2. The maximum Gasteiger partial charge on any atom is 0 e. The van der Waals surface area contributed by atoms with Crippen molar-refractivity contribution in [1.82, 2.24) is 9.97 Å². The maximum atomic E-state index is 14.9. The van der Waals surface area contributed by atoms with Crippen molar-refractivity contribution in [3.05, 3.63) is 139 Å². The second-order valence-corrected chi connectivity index (χ2v) is 24.0. The number of halogens is 1. The summed E-state index contributed by atoms with van der Waals surface area (Å²) in [5.74, 6) is 6.21. The molecule has 4 aromatic carbocycles. The molecule has 0 atom stereocenters. The maximum absolute atomic E-state index is 14.9. The summed E-state index contributed by atoms with van der Waals surface area (Å²) >= 11 is -0.159. The molecule has 1 radical (unpaired) electrons. The summed E-state index contributed by atoms with van der Waals surface area (Å²) in [6, 6.07) is 39.8. The minimum Gasteiger partial charge on any atom is 0 e. The van der Waals surface area contributed by atoms with E-state index in [0.29, 0.717) is 5.56 Å². The van der Waals surface area contributed by atoms with Crippen molar-refractivity contribution >= 4 is 49.2 Å². The third-order valence-electron chi connectivity index (χ3n) is 7.81. The van der Waals surface area contributed by atoms with Crippen LogP contribution in [0.2, 0.25) is 17.3 Å². The molecule has 3 heterocycles. The average Bonchev–Trinajstić information content (AvgIpc) is 3.42. The number of benzene rings is 4. The smallest absolute Gasteiger partial charge is 0 e. The average molecular weight is 861 g/mol. The Morgan fingerprint density at radius 2 is 1.59 bits per heavy atom. The van der Waals surface area contributed by atoms with Crippen LogP contribution in [-0.4, -0.2) is 23.2 Å². The van der Waals surface area contributed by atoms with Crippen LogP contribution in [0.15, 0.2) is 116 Å². The number of pyridine rings is 2. The summed E-state index contributed by atoms with van der Waals surface area (Å²) in [6.45, 7) is 3.73. The van der Waals surface area contributed by atoms with Crippen LogP contribution in [-0.2, 0) is 20.1 Å². The van der Waals surface area contributed by atoms with Gasteiger partial charge in [-0.25, -0.2) is 4.39 Å². The van der Waals surface area contributed by atoms with Gasteiger partial charge in [0.1, 0.15) is 5.82 Å². The second kappa shape index (κ2) is 14.5. The van der Waals surface area contributed by atoms with Crippen LogP contribution in [0.3, 0.4) is 0 Å². The number of nitrogens with zero attached hydrogens (tertiary/aromatic N) is 2. The van der Waals surface area contributed by atoms with Gasteiger partial charge in [0.05, 0.1) is 0 Å². The van der Waals surface area contributed by atoms with Crippen molar-refractivity contribution < 1.29 is 25.9 Å². The Bertz CT molecular complexity index is 2120. The molecule has 0 saturated carbocycles. The first-order chi connectivity index (χ1) is 22.0. The molecule has 0 bridgehead atoms. The summed E-state index contributed by atoms with van der Waals surface area (Å²) in [4.78, 5) is 9.08. The van der Waals surface area contributed by atoms with Crippen LogP contribution in [0.4, 0.5) is 4.39 Å². The standard InChI is InChI=1S/C26H19FNS.C14H16GeN.Ir/c1-16(2)18-11-12-28-24(13-18)20-10-6-9-19-22-14-21(17-7-4-3-5-8-17)23(27)15-25(22)29-26(19)20;1-15(2,3)13-9-10-14(16-11-13)12-7-5-4-6-8-12;/h3-9,11-16H,1-2H3;4-7,9-11H,1-3H3;/q2*-1;/i16D;;. The molecule has 7 aromatic rings. The number of fused-ring (bicyclic) bond motifs is 3. The fraction of sp³-hybridized carbons (Fsp3) is 0.150. The summed E-state index contributed by atoms with van der Waals surface area (Å²) in [5, 5.41) is 2.10. The molecule has 6 heteroatoms. The molecule has 0 aliphatic carbocycles. The molecule has 0 saturated heterocycles. The number of aromatic nitrogens is 2. The molecule has 46 heavy (non-hydrogen) atoms. The number of hydrogen-bond donors (Lipinski definition) is 0. The van der Waals surface area contributed by atoms with E-state index in [-0.39, 0.29) is 25.9 Å². The Morgan fingerprint density at radius 3 is 2.26 bits per heavy atom. The van der Waals surface area contributed by atoms with Crippen LogP contribution in [0, 0.1) is 17.9 Å². The Hall–Kier alpha value is -3.48. The van der Waals surface area contributed by atoms with Gasteiger partial charge in [-0.2, -0.15) is 11.3 Å². The van der Waals surface area contributed by atoms with E-state index in [1.54, 1.807) is 23.6 Å². The largest absolute Gasteiger partial charge is 0 e. The summed E-state index contributed by atoms with van der Waals surface area (Å²) < 4.78 is 26.6. The summed E-state index contributed by atoms with van der Waals surface area (Å²) in [6.07, 6.45) is 3.78. The van der Waals surface area contributed by atoms with Crippen molar-refractivity contribution in [3.63, 3.8) is 0 Å². The van der Waals surface area contributed by atoms with Gasteiger partial charge in [0.25, 0.3) is 0 Å². The predicted molar refractivity (Wildman–Crippen MR) is 192 cm³/mol. The summed E-state index contributed by atoms with van der Waals surface area (Å²) in [5.41, 5.74) is 6.12. The molecule has 0 N–H and O–H groups in total. The molecule has 0 aliphatic rings. The molecule has 0 fully saturated rings. The van der Waals surface area contributed by atoms with E-state index in [1.165, 1.54) is 4.40 Å².